The first-order chi connectivity index (χ1) is 17.8. The highest BCUT2D eigenvalue weighted by molar-refractivity contribution is 8.18. The highest BCUT2D eigenvalue weighted by Crippen LogP contribution is 2.41. The minimum atomic E-state index is -4.30. The molecule has 0 unspecified atom stereocenters. The Morgan fingerprint density at radius 2 is 0.703 bits per heavy atom. The van der Waals surface area contributed by atoms with E-state index in [0.717, 1.165) is 43.1 Å². The molecule has 1 aliphatic heterocycles. The molecule has 0 radical (unpaired) electrons. The van der Waals surface area contributed by atoms with Gasteiger partial charge in [0.05, 0.1) is 0 Å². The fraction of sp³-hybridized carbons (Fsp3) is 0. The summed E-state index contributed by atoms with van der Waals surface area (Å²) in [7, 11) is -8.61. The SMILES string of the molecule is O=S1(=O)NS(=O)(=O)C(c2ccc3cc4ccccc4cc3c2)=C1c1ccc2cc3ccccc3cc2c1. The van der Waals surface area contributed by atoms with Gasteiger partial charge in [-0.2, -0.15) is 0 Å². The van der Waals surface area contributed by atoms with E-state index in [0.29, 0.717) is 11.1 Å². The molecular formula is C30H19NO4S2. The van der Waals surface area contributed by atoms with E-state index in [9.17, 15) is 16.8 Å². The molecule has 0 aromatic heterocycles. The summed E-state index contributed by atoms with van der Waals surface area (Å²) in [4.78, 5) is -0.467. The van der Waals surface area contributed by atoms with Gasteiger partial charge in [-0.1, -0.05) is 72.8 Å². The molecule has 0 bridgehead atoms. The van der Waals surface area contributed by atoms with Gasteiger partial charge in [-0.25, -0.2) is 16.8 Å². The van der Waals surface area contributed by atoms with Gasteiger partial charge in [-0.05, 0) is 90.6 Å². The average molecular weight is 522 g/mol. The van der Waals surface area contributed by atoms with Crippen molar-refractivity contribution in [3.8, 4) is 0 Å². The number of fused-ring (bicyclic) bond motifs is 4. The maximum absolute atomic E-state index is 13.2. The molecule has 0 spiro atoms. The molecule has 1 N–H and O–H groups in total. The number of hydrogen-bond donors (Lipinski definition) is 1. The Labute approximate surface area is 213 Å². The fourth-order valence-corrected chi connectivity index (χ4v) is 9.29. The lowest BCUT2D eigenvalue weighted by Crippen LogP contribution is -2.23. The van der Waals surface area contributed by atoms with E-state index in [2.05, 4.69) is 0 Å². The van der Waals surface area contributed by atoms with Crippen LogP contribution in [0.5, 0.6) is 0 Å². The van der Waals surface area contributed by atoms with Crippen molar-refractivity contribution in [1.82, 2.24) is 4.13 Å². The second kappa shape index (κ2) is 7.73. The predicted octanol–water partition coefficient (Wildman–Crippen LogP) is 6.39. The highest BCUT2D eigenvalue weighted by atomic mass is 32.3. The van der Waals surface area contributed by atoms with Crippen molar-refractivity contribution < 1.29 is 16.8 Å². The summed E-state index contributed by atoms with van der Waals surface area (Å²) in [6.45, 7) is 0. The molecule has 0 amide bonds. The first-order valence-electron chi connectivity index (χ1n) is 11.7. The number of rotatable bonds is 2. The normalized spacial score (nSPS) is 16.8. The lowest BCUT2D eigenvalue weighted by molar-refractivity contribution is 0.591. The lowest BCUT2D eigenvalue weighted by atomic mass is 10.00. The molecule has 1 heterocycles. The van der Waals surface area contributed by atoms with Crippen LogP contribution in [0, 0.1) is 0 Å². The van der Waals surface area contributed by atoms with Gasteiger partial charge in [0.15, 0.2) is 0 Å². The first-order valence-corrected chi connectivity index (χ1v) is 14.6. The van der Waals surface area contributed by atoms with E-state index < -0.39 is 20.0 Å². The third kappa shape index (κ3) is 3.54. The van der Waals surface area contributed by atoms with Gasteiger partial charge in [0.2, 0.25) is 0 Å². The molecule has 0 fully saturated rings. The van der Waals surface area contributed by atoms with Gasteiger partial charge in [0.1, 0.15) is 9.81 Å². The second-order valence-corrected chi connectivity index (χ2v) is 12.8. The molecule has 7 rings (SSSR count). The number of nitrogens with one attached hydrogen (secondary N) is 1. The van der Waals surface area contributed by atoms with E-state index in [4.69, 9.17) is 0 Å². The summed E-state index contributed by atoms with van der Waals surface area (Å²) in [5, 5.41) is 7.71. The van der Waals surface area contributed by atoms with Crippen LogP contribution in [-0.4, -0.2) is 16.8 Å². The molecule has 0 saturated heterocycles. The molecule has 1 aliphatic rings. The van der Waals surface area contributed by atoms with Gasteiger partial charge in [-0.3, -0.25) is 0 Å². The van der Waals surface area contributed by atoms with Crippen molar-refractivity contribution in [1.29, 1.82) is 0 Å². The van der Waals surface area contributed by atoms with E-state index in [1.807, 2.05) is 89.1 Å². The van der Waals surface area contributed by atoms with E-state index >= 15 is 0 Å². The maximum Gasteiger partial charge on any atom is 0.255 e. The smallest absolute Gasteiger partial charge is 0.206 e. The van der Waals surface area contributed by atoms with Gasteiger partial charge < -0.3 is 0 Å². The molecule has 6 aromatic carbocycles. The fourth-order valence-electron chi connectivity index (χ4n) is 5.21. The summed E-state index contributed by atoms with van der Waals surface area (Å²) in [6, 6.07) is 34.4. The monoisotopic (exact) mass is 521 g/mol. The summed E-state index contributed by atoms with van der Waals surface area (Å²) >= 11 is 0. The first kappa shape index (κ1) is 22.2. The zero-order chi connectivity index (χ0) is 25.4. The Hall–Kier alpha value is -4.04. The standard InChI is InChI=1S/C30H19NO4S2/c32-36(33)29(25-11-9-23-13-19-5-1-3-7-21(19)15-27(23)17-25)30(37(34,35)31-36)26-12-10-24-14-20-6-2-4-8-22(20)16-28(24)18-26/h1-18,31H. The van der Waals surface area contributed by atoms with Crippen LogP contribution in [0.25, 0.3) is 52.9 Å². The third-order valence-corrected chi connectivity index (χ3v) is 10.7. The maximum atomic E-state index is 13.2. The van der Waals surface area contributed by atoms with Crippen LogP contribution < -0.4 is 4.13 Å². The Morgan fingerprint density at radius 3 is 1.08 bits per heavy atom. The summed E-state index contributed by atoms with van der Waals surface area (Å²) in [6.07, 6.45) is 0. The Bertz CT molecular complexity index is 2040. The predicted molar refractivity (Wildman–Crippen MR) is 151 cm³/mol. The quantitative estimate of drug-likeness (QED) is 0.268. The van der Waals surface area contributed by atoms with E-state index in [-0.39, 0.29) is 9.81 Å². The van der Waals surface area contributed by atoms with Gasteiger partial charge in [0, 0.05) is 0 Å². The van der Waals surface area contributed by atoms with Gasteiger partial charge in [0.25, 0.3) is 20.0 Å². The lowest BCUT2D eigenvalue weighted by Gasteiger charge is -2.09. The zero-order valence-corrected chi connectivity index (χ0v) is 21.0. The van der Waals surface area contributed by atoms with Crippen molar-refractivity contribution in [2.24, 2.45) is 0 Å². The van der Waals surface area contributed by atoms with Crippen LogP contribution in [0.3, 0.4) is 0 Å². The van der Waals surface area contributed by atoms with Crippen molar-refractivity contribution >= 4 is 72.9 Å². The van der Waals surface area contributed by atoms with Crippen molar-refractivity contribution in [3.63, 3.8) is 0 Å². The molecule has 7 heteroatoms. The van der Waals surface area contributed by atoms with Gasteiger partial charge >= 0.3 is 0 Å². The molecule has 0 saturated carbocycles. The van der Waals surface area contributed by atoms with Crippen molar-refractivity contribution in [2.75, 3.05) is 0 Å². The summed E-state index contributed by atoms with van der Waals surface area (Å²) in [5.74, 6) is 0. The average Bonchev–Trinajstić information content (AvgIpc) is 3.08. The number of sulfonamides is 2. The van der Waals surface area contributed by atoms with Crippen LogP contribution in [0.15, 0.2) is 109 Å². The van der Waals surface area contributed by atoms with Gasteiger partial charge in [-0.15, -0.1) is 4.13 Å². The topological polar surface area (TPSA) is 80.3 Å². The van der Waals surface area contributed by atoms with Crippen molar-refractivity contribution in [3.05, 3.63) is 120 Å². The third-order valence-electron chi connectivity index (χ3n) is 6.90. The Kier molecular flexibility index (Phi) is 4.63. The molecular weight excluding hydrogens is 502 g/mol. The molecule has 5 nitrogen and oxygen atoms in total. The highest BCUT2D eigenvalue weighted by Gasteiger charge is 2.42. The molecule has 0 atom stereocenters. The van der Waals surface area contributed by atoms with Crippen LogP contribution in [0.1, 0.15) is 11.1 Å². The molecule has 0 aliphatic carbocycles. The zero-order valence-electron chi connectivity index (χ0n) is 19.3. The second-order valence-electron chi connectivity index (χ2n) is 9.27. The van der Waals surface area contributed by atoms with Crippen LogP contribution in [-0.2, 0) is 20.0 Å². The number of hydrogen-bond acceptors (Lipinski definition) is 4. The Morgan fingerprint density at radius 1 is 0.378 bits per heavy atom. The van der Waals surface area contributed by atoms with E-state index in [1.54, 1.807) is 24.3 Å². The van der Waals surface area contributed by atoms with Crippen molar-refractivity contribution in [2.45, 2.75) is 0 Å². The summed E-state index contributed by atoms with van der Waals surface area (Å²) in [5.41, 5.74) is 0.648. The Balaban J connectivity index is 1.50. The minimum absolute atomic E-state index is 0.234. The largest absolute Gasteiger partial charge is 0.255 e. The number of benzene rings is 6. The minimum Gasteiger partial charge on any atom is -0.206 e. The van der Waals surface area contributed by atoms with Crippen LogP contribution in [0.4, 0.5) is 0 Å². The van der Waals surface area contributed by atoms with Crippen LogP contribution in [0.2, 0.25) is 0 Å². The molecule has 6 aromatic rings. The van der Waals surface area contributed by atoms with E-state index in [1.165, 1.54) is 0 Å². The molecule has 180 valence electrons. The summed E-state index contributed by atoms with van der Waals surface area (Å²) < 4.78 is 54.7. The molecule has 37 heavy (non-hydrogen) atoms. The van der Waals surface area contributed by atoms with Crippen LogP contribution >= 0.6 is 0 Å².